The van der Waals surface area contributed by atoms with Crippen LogP contribution in [-0.4, -0.2) is 30.2 Å². The lowest BCUT2D eigenvalue weighted by molar-refractivity contribution is -0.122. The number of rotatable bonds is 6. The fraction of sp³-hybridized carbons (Fsp3) is 0.241. The van der Waals surface area contributed by atoms with Gasteiger partial charge >= 0.3 is 5.97 Å². The van der Waals surface area contributed by atoms with E-state index < -0.39 is 24.2 Å². The Morgan fingerprint density at radius 2 is 1.56 bits per heavy atom. The van der Waals surface area contributed by atoms with Crippen molar-refractivity contribution in [2.24, 2.45) is 11.8 Å². The highest BCUT2D eigenvalue weighted by molar-refractivity contribution is 6.22. The minimum Gasteiger partial charge on any atom is -0.454 e. The zero-order valence-corrected chi connectivity index (χ0v) is 19.4. The van der Waals surface area contributed by atoms with Crippen LogP contribution in [0.4, 0.5) is 10.1 Å². The standard InChI is InChI=1S/C29H24FNO5/c30-22-12-9-19(10-13-22)26(32)17-36-29(35)21-7-4-8-23(15-21)31-27(33)24-14-11-20(16-25(24)28(31)34)18-5-2-1-3-6-18/h1-10,12-13,15,20,24-25H,11,14,16-17H2. The van der Waals surface area contributed by atoms with E-state index in [4.69, 9.17) is 4.74 Å². The number of carbonyl (C=O) groups excluding carboxylic acids is 4. The second kappa shape index (κ2) is 9.85. The Hall–Kier alpha value is -4.13. The van der Waals surface area contributed by atoms with Crippen LogP contribution >= 0.6 is 0 Å². The lowest BCUT2D eigenvalue weighted by Gasteiger charge is -2.28. The van der Waals surface area contributed by atoms with Gasteiger partial charge in [-0.25, -0.2) is 9.18 Å². The topological polar surface area (TPSA) is 80.8 Å². The molecule has 6 nitrogen and oxygen atoms in total. The van der Waals surface area contributed by atoms with Crippen LogP contribution < -0.4 is 4.90 Å². The van der Waals surface area contributed by atoms with Crippen molar-refractivity contribution >= 4 is 29.3 Å². The summed E-state index contributed by atoms with van der Waals surface area (Å²) in [6.45, 7) is -0.513. The van der Waals surface area contributed by atoms with E-state index in [1.807, 2.05) is 18.2 Å². The Morgan fingerprint density at radius 1 is 0.833 bits per heavy atom. The number of esters is 1. The van der Waals surface area contributed by atoms with E-state index in [0.717, 1.165) is 18.6 Å². The minimum atomic E-state index is -0.757. The Morgan fingerprint density at radius 3 is 2.31 bits per heavy atom. The highest BCUT2D eigenvalue weighted by atomic mass is 19.1. The van der Waals surface area contributed by atoms with Gasteiger partial charge in [-0.2, -0.15) is 0 Å². The normalized spacial score (nSPS) is 21.2. The Bertz CT molecular complexity index is 1320. The van der Waals surface area contributed by atoms with Crippen LogP contribution in [-0.2, 0) is 14.3 Å². The Labute approximate surface area is 207 Å². The molecule has 2 aliphatic rings. The molecule has 7 heteroatoms. The molecular formula is C29H24FNO5. The molecule has 0 radical (unpaired) electrons. The molecule has 0 spiro atoms. The number of carbonyl (C=O) groups is 4. The molecule has 0 aromatic heterocycles. The zero-order chi connectivity index (χ0) is 25.2. The summed E-state index contributed by atoms with van der Waals surface area (Å²) >= 11 is 0. The molecule has 0 bridgehead atoms. The smallest absolute Gasteiger partial charge is 0.338 e. The summed E-state index contributed by atoms with van der Waals surface area (Å²) in [5.74, 6) is -2.71. The van der Waals surface area contributed by atoms with E-state index in [2.05, 4.69) is 12.1 Å². The summed E-state index contributed by atoms with van der Waals surface area (Å²) in [7, 11) is 0. The number of anilines is 1. The predicted octanol–water partition coefficient (Wildman–Crippen LogP) is 4.94. The fourth-order valence-corrected chi connectivity index (χ4v) is 5.17. The molecule has 2 fully saturated rings. The van der Waals surface area contributed by atoms with E-state index in [1.54, 1.807) is 12.1 Å². The molecule has 1 aliphatic carbocycles. The highest BCUT2D eigenvalue weighted by Gasteiger charge is 2.50. The van der Waals surface area contributed by atoms with Crippen molar-refractivity contribution in [1.29, 1.82) is 0 Å². The molecule has 5 rings (SSSR count). The summed E-state index contributed by atoms with van der Waals surface area (Å²) < 4.78 is 18.2. The van der Waals surface area contributed by atoms with E-state index >= 15 is 0 Å². The number of imide groups is 1. The molecule has 3 aromatic rings. The van der Waals surface area contributed by atoms with E-state index in [9.17, 15) is 23.6 Å². The van der Waals surface area contributed by atoms with Crippen LogP contribution in [0, 0.1) is 17.7 Å². The summed E-state index contributed by atoms with van der Waals surface area (Å²) in [5, 5.41) is 0. The quantitative estimate of drug-likeness (QED) is 0.281. The largest absolute Gasteiger partial charge is 0.454 e. The molecular weight excluding hydrogens is 461 g/mol. The van der Waals surface area contributed by atoms with Gasteiger partial charge in [0.1, 0.15) is 5.82 Å². The first-order valence-electron chi connectivity index (χ1n) is 11.9. The van der Waals surface area contributed by atoms with Crippen molar-refractivity contribution in [3.63, 3.8) is 0 Å². The van der Waals surface area contributed by atoms with Gasteiger partial charge in [-0.1, -0.05) is 36.4 Å². The number of Topliss-reactive ketones (excluding diaryl/α,β-unsaturated/α-hetero) is 1. The van der Waals surface area contributed by atoms with Gasteiger partial charge < -0.3 is 4.74 Å². The highest BCUT2D eigenvalue weighted by Crippen LogP contribution is 2.45. The van der Waals surface area contributed by atoms with Gasteiger partial charge in [0.05, 0.1) is 23.1 Å². The maximum atomic E-state index is 13.3. The second-order valence-corrected chi connectivity index (χ2v) is 9.20. The average molecular weight is 486 g/mol. The van der Waals surface area contributed by atoms with Crippen LogP contribution in [0.5, 0.6) is 0 Å². The van der Waals surface area contributed by atoms with Gasteiger partial charge in [-0.05, 0) is 73.2 Å². The number of ketones is 1. The molecule has 1 aliphatic heterocycles. The fourth-order valence-electron chi connectivity index (χ4n) is 5.17. The Kier molecular flexibility index (Phi) is 6.46. The number of amides is 2. The third kappa shape index (κ3) is 4.56. The van der Waals surface area contributed by atoms with Crippen molar-refractivity contribution in [3.05, 3.63) is 101 Å². The first-order chi connectivity index (χ1) is 17.4. The molecule has 1 saturated carbocycles. The number of benzene rings is 3. The molecule has 1 heterocycles. The first-order valence-corrected chi connectivity index (χ1v) is 11.9. The number of hydrogen-bond donors (Lipinski definition) is 0. The van der Waals surface area contributed by atoms with Crippen molar-refractivity contribution in [2.75, 3.05) is 11.5 Å². The molecule has 1 saturated heterocycles. The number of hydrogen-bond acceptors (Lipinski definition) is 5. The molecule has 182 valence electrons. The monoisotopic (exact) mass is 485 g/mol. The van der Waals surface area contributed by atoms with Gasteiger partial charge in [-0.15, -0.1) is 0 Å². The third-order valence-electron chi connectivity index (χ3n) is 7.04. The van der Waals surface area contributed by atoms with Crippen LogP contribution in [0.25, 0.3) is 0 Å². The second-order valence-electron chi connectivity index (χ2n) is 9.20. The van der Waals surface area contributed by atoms with Crippen molar-refractivity contribution < 1.29 is 28.3 Å². The maximum absolute atomic E-state index is 13.3. The van der Waals surface area contributed by atoms with Gasteiger partial charge in [0, 0.05) is 5.56 Å². The zero-order valence-electron chi connectivity index (χ0n) is 19.4. The third-order valence-corrected chi connectivity index (χ3v) is 7.04. The summed E-state index contributed by atoms with van der Waals surface area (Å²) in [6, 6.07) is 21.1. The number of fused-ring (bicyclic) bond motifs is 1. The van der Waals surface area contributed by atoms with Gasteiger partial charge in [-0.3, -0.25) is 19.3 Å². The molecule has 36 heavy (non-hydrogen) atoms. The van der Waals surface area contributed by atoms with Crippen LogP contribution in [0.15, 0.2) is 78.9 Å². The lowest BCUT2D eigenvalue weighted by Crippen LogP contribution is -2.31. The van der Waals surface area contributed by atoms with Crippen LogP contribution in [0.1, 0.15) is 51.5 Å². The SMILES string of the molecule is O=C(COC(=O)c1cccc(N2C(=O)C3CCC(c4ccccc4)CC3C2=O)c1)c1ccc(F)cc1. The summed E-state index contributed by atoms with van der Waals surface area (Å²) in [5.41, 5.74) is 1.84. The van der Waals surface area contributed by atoms with E-state index in [1.165, 1.54) is 34.7 Å². The van der Waals surface area contributed by atoms with Crippen LogP contribution in [0.2, 0.25) is 0 Å². The molecule has 3 aromatic carbocycles. The van der Waals surface area contributed by atoms with Crippen molar-refractivity contribution in [1.82, 2.24) is 0 Å². The van der Waals surface area contributed by atoms with Gasteiger partial charge in [0.2, 0.25) is 11.8 Å². The van der Waals surface area contributed by atoms with E-state index in [0.29, 0.717) is 18.5 Å². The molecule has 2 amide bonds. The number of ether oxygens (including phenoxy) is 1. The average Bonchev–Trinajstić information content (AvgIpc) is 3.17. The Balaban J connectivity index is 1.28. The van der Waals surface area contributed by atoms with Crippen LogP contribution in [0.3, 0.4) is 0 Å². The predicted molar refractivity (Wildman–Crippen MR) is 130 cm³/mol. The first kappa shape index (κ1) is 23.6. The summed E-state index contributed by atoms with van der Waals surface area (Å²) in [4.78, 5) is 52.5. The summed E-state index contributed by atoms with van der Waals surface area (Å²) in [6.07, 6.45) is 2.09. The van der Waals surface area contributed by atoms with Gasteiger partial charge in [0.15, 0.2) is 12.4 Å². The van der Waals surface area contributed by atoms with E-state index in [-0.39, 0.29) is 40.7 Å². The molecule has 3 atom stereocenters. The number of halogens is 1. The molecule has 0 N–H and O–H groups in total. The molecule has 3 unspecified atom stereocenters. The van der Waals surface area contributed by atoms with Crippen molar-refractivity contribution in [3.8, 4) is 0 Å². The lowest BCUT2D eigenvalue weighted by atomic mass is 9.73. The number of nitrogens with zero attached hydrogens (tertiary/aromatic N) is 1. The maximum Gasteiger partial charge on any atom is 0.338 e. The van der Waals surface area contributed by atoms with Crippen molar-refractivity contribution in [2.45, 2.75) is 25.2 Å². The minimum absolute atomic E-state index is 0.122. The van der Waals surface area contributed by atoms with Gasteiger partial charge in [0.25, 0.3) is 0 Å².